The number of likely N-dealkylation sites (tertiary alicyclic amines) is 1. The van der Waals surface area contributed by atoms with Crippen LogP contribution in [0.1, 0.15) is 38.5 Å². The summed E-state index contributed by atoms with van der Waals surface area (Å²) in [5.41, 5.74) is 8.34. The molecule has 1 aliphatic carbocycles. The lowest BCUT2D eigenvalue weighted by Gasteiger charge is -2.32. The van der Waals surface area contributed by atoms with Crippen molar-refractivity contribution < 1.29 is 4.79 Å². The first-order valence-corrected chi connectivity index (χ1v) is 9.93. The number of piperidine rings is 1. The lowest BCUT2D eigenvalue weighted by molar-refractivity contribution is -0.121. The Kier molecular flexibility index (Phi) is 7.09. The predicted octanol–water partition coefficient (Wildman–Crippen LogP) is 2.51. The van der Waals surface area contributed by atoms with Gasteiger partial charge in [0, 0.05) is 50.4 Å². The molecule has 3 rings (SSSR count). The van der Waals surface area contributed by atoms with Crippen LogP contribution in [0.4, 0.5) is 5.69 Å². The van der Waals surface area contributed by atoms with Crippen LogP contribution in [-0.2, 0) is 4.79 Å². The van der Waals surface area contributed by atoms with E-state index in [4.69, 9.17) is 5.73 Å². The number of rotatable bonds is 7. The van der Waals surface area contributed by atoms with Crippen molar-refractivity contribution in [1.29, 1.82) is 0 Å². The number of nitrogens with two attached hydrogens (primary N) is 1. The van der Waals surface area contributed by atoms with Gasteiger partial charge in [0.25, 0.3) is 0 Å². The van der Waals surface area contributed by atoms with E-state index in [1.165, 1.54) is 11.3 Å². The third kappa shape index (κ3) is 6.15. The molecule has 1 amide bonds. The minimum absolute atomic E-state index is 0.177. The van der Waals surface area contributed by atoms with Crippen molar-refractivity contribution in [1.82, 2.24) is 10.2 Å². The van der Waals surface area contributed by atoms with Crippen LogP contribution >= 0.6 is 0 Å². The second-order valence-corrected chi connectivity index (χ2v) is 7.55. The molecular formula is C21H32N4O. The molecule has 0 spiro atoms. The monoisotopic (exact) mass is 356 g/mol. The van der Waals surface area contributed by atoms with Crippen LogP contribution in [0.2, 0.25) is 0 Å². The number of hydrogen-bond donors (Lipinski definition) is 3. The molecule has 26 heavy (non-hydrogen) atoms. The maximum absolute atomic E-state index is 12.3. The smallest absolute Gasteiger partial charge is 0.224 e. The fraction of sp³-hybridized carbons (Fsp3) is 0.571. The van der Waals surface area contributed by atoms with Gasteiger partial charge in [0.2, 0.25) is 5.91 Å². The zero-order chi connectivity index (χ0) is 18.2. The Morgan fingerprint density at radius 1 is 1.15 bits per heavy atom. The largest absolute Gasteiger partial charge is 0.384 e. The fourth-order valence-electron chi connectivity index (χ4n) is 3.77. The van der Waals surface area contributed by atoms with Crippen molar-refractivity contribution in [2.24, 2.45) is 5.73 Å². The topological polar surface area (TPSA) is 70.4 Å². The number of anilines is 1. The van der Waals surface area contributed by atoms with Gasteiger partial charge < -0.3 is 21.3 Å². The van der Waals surface area contributed by atoms with Crippen molar-refractivity contribution in [3.63, 3.8) is 0 Å². The standard InChI is InChI=1S/C21H32N4O/c22-18-8-6-17(7-9-18)16-21(26)24-20-10-13-25(14-11-20)15-12-23-19-4-2-1-3-5-19/h1-6,18,20,23H,7-16,22H2,(H,24,26). The molecule has 0 bridgehead atoms. The SMILES string of the molecule is NC1CC=C(CC(=O)NC2CCN(CCNc3ccccc3)CC2)CC1. The lowest BCUT2D eigenvalue weighted by atomic mass is 9.93. The molecule has 1 aliphatic heterocycles. The van der Waals surface area contributed by atoms with Gasteiger partial charge in [-0.2, -0.15) is 0 Å². The van der Waals surface area contributed by atoms with E-state index in [2.05, 4.69) is 33.7 Å². The molecule has 1 aromatic rings. The van der Waals surface area contributed by atoms with E-state index in [1.807, 2.05) is 18.2 Å². The average Bonchev–Trinajstić information content (AvgIpc) is 2.66. The Morgan fingerprint density at radius 3 is 2.62 bits per heavy atom. The molecule has 1 atom stereocenters. The van der Waals surface area contributed by atoms with E-state index >= 15 is 0 Å². The number of nitrogens with one attached hydrogen (secondary N) is 2. The zero-order valence-corrected chi connectivity index (χ0v) is 15.6. The van der Waals surface area contributed by atoms with Gasteiger partial charge in [0.05, 0.1) is 0 Å². The molecule has 0 radical (unpaired) electrons. The Bertz CT molecular complexity index is 593. The van der Waals surface area contributed by atoms with Crippen molar-refractivity contribution >= 4 is 11.6 Å². The number of hydrogen-bond acceptors (Lipinski definition) is 4. The summed E-state index contributed by atoms with van der Waals surface area (Å²) >= 11 is 0. The first-order chi connectivity index (χ1) is 12.7. The Labute approximate surface area is 157 Å². The molecule has 142 valence electrons. The minimum Gasteiger partial charge on any atom is -0.384 e. The molecule has 0 saturated carbocycles. The van der Waals surface area contributed by atoms with E-state index in [-0.39, 0.29) is 11.9 Å². The molecular weight excluding hydrogens is 324 g/mol. The zero-order valence-electron chi connectivity index (χ0n) is 15.6. The first-order valence-electron chi connectivity index (χ1n) is 9.93. The van der Waals surface area contributed by atoms with Crippen molar-refractivity contribution in [3.05, 3.63) is 42.0 Å². The average molecular weight is 357 g/mol. The maximum atomic E-state index is 12.3. The van der Waals surface area contributed by atoms with Gasteiger partial charge in [-0.3, -0.25) is 4.79 Å². The van der Waals surface area contributed by atoms with Crippen LogP contribution in [0.15, 0.2) is 42.0 Å². The summed E-state index contributed by atoms with van der Waals surface area (Å²) in [5.74, 6) is 0.177. The molecule has 0 aromatic heterocycles. The van der Waals surface area contributed by atoms with E-state index < -0.39 is 0 Å². The van der Waals surface area contributed by atoms with Crippen molar-refractivity contribution in [2.75, 3.05) is 31.5 Å². The Morgan fingerprint density at radius 2 is 1.92 bits per heavy atom. The lowest BCUT2D eigenvalue weighted by Crippen LogP contribution is -2.45. The summed E-state index contributed by atoms with van der Waals surface area (Å²) in [7, 11) is 0. The molecule has 4 N–H and O–H groups in total. The first kappa shape index (κ1) is 18.9. The minimum atomic E-state index is 0.177. The van der Waals surface area contributed by atoms with Gasteiger partial charge in [0.1, 0.15) is 0 Å². The molecule has 1 fully saturated rings. The number of amides is 1. The van der Waals surface area contributed by atoms with Gasteiger partial charge in [-0.15, -0.1) is 0 Å². The number of nitrogens with zero attached hydrogens (tertiary/aromatic N) is 1. The highest BCUT2D eigenvalue weighted by molar-refractivity contribution is 5.78. The van der Waals surface area contributed by atoms with Crippen LogP contribution in [0.3, 0.4) is 0 Å². The molecule has 1 heterocycles. The highest BCUT2D eigenvalue weighted by Crippen LogP contribution is 2.20. The fourth-order valence-corrected chi connectivity index (χ4v) is 3.77. The van der Waals surface area contributed by atoms with Gasteiger partial charge in [-0.1, -0.05) is 29.8 Å². The van der Waals surface area contributed by atoms with E-state index in [0.29, 0.717) is 12.5 Å². The number of para-hydroxylation sites is 1. The Hall–Kier alpha value is -1.85. The van der Waals surface area contributed by atoms with Gasteiger partial charge >= 0.3 is 0 Å². The van der Waals surface area contributed by atoms with E-state index in [0.717, 1.165) is 58.3 Å². The third-order valence-corrected chi connectivity index (χ3v) is 5.42. The summed E-state index contributed by atoms with van der Waals surface area (Å²) in [6.45, 7) is 4.11. The highest BCUT2D eigenvalue weighted by Gasteiger charge is 2.21. The Balaban J connectivity index is 1.30. The van der Waals surface area contributed by atoms with E-state index in [9.17, 15) is 4.79 Å². The molecule has 5 heteroatoms. The quantitative estimate of drug-likeness (QED) is 0.657. The molecule has 2 aliphatic rings. The third-order valence-electron chi connectivity index (χ3n) is 5.42. The van der Waals surface area contributed by atoms with Crippen LogP contribution in [-0.4, -0.2) is 49.1 Å². The summed E-state index contributed by atoms with van der Waals surface area (Å²) in [6, 6.07) is 10.9. The van der Waals surface area contributed by atoms with Gasteiger partial charge in [0.15, 0.2) is 0 Å². The summed E-state index contributed by atoms with van der Waals surface area (Å²) in [6.07, 6.45) is 7.69. The van der Waals surface area contributed by atoms with Crippen LogP contribution in [0.25, 0.3) is 0 Å². The van der Waals surface area contributed by atoms with Crippen LogP contribution < -0.4 is 16.4 Å². The highest BCUT2D eigenvalue weighted by atomic mass is 16.1. The molecule has 1 unspecified atom stereocenters. The number of carbonyl (C=O) groups excluding carboxylic acids is 1. The summed E-state index contributed by atoms with van der Waals surface area (Å²) in [5, 5.41) is 6.68. The molecule has 1 saturated heterocycles. The second kappa shape index (κ2) is 9.74. The second-order valence-electron chi connectivity index (χ2n) is 7.55. The predicted molar refractivity (Wildman–Crippen MR) is 107 cm³/mol. The van der Waals surface area contributed by atoms with Gasteiger partial charge in [-0.25, -0.2) is 0 Å². The normalized spacial score (nSPS) is 21.9. The van der Waals surface area contributed by atoms with Crippen molar-refractivity contribution in [2.45, 2.75) is 50.6 Å². The van der Waals surface area contributed by atoms with Gasteiger partial charge in [-0.05, 0) is 44.2 Å². The summed E-state index contributed by atoms with van der Waals surface area (Å²) in [4.78, 5) is 14.7. The van der Waals surface area contributed by atoms with Crippen LogP contribution in [0, 0.1) is 0 Å². The van der Waals surface area contributed by atoms with Crippen molar-refractivity contribution in [3.8, 4) is 0 Å². The summed E-state index contributed by atoms with van der Waals surface area (Å²) < 4.78 is 0. The maximum Gasteiger partial charge on any atom is 0.224 e. The van der Waals surface area contributed by atoms with E-state index in [1.54, 1.807) is 0 Å². The number of carbonyl (C=O) groups is 1. The van der Waals surface area contributed by atoms with Crippen LogP contribution in [0.5, 0.6) is 0 Å². The number of benzene rings is 1. The molecule has 5 nitrogen and oxygen atoms in total. The molecule has 1 aromatic carbocycles.